The second kappa shape index (κ2) is 4.54. The molecule has 0 radical (unpaired) electrons. The molecule has 2 saturated heterocycles. The molecule has 8 heteroatoms. The van der Waals surface area contributed by atoms with E-state index in [1.165, 1.54) is 0 Å². The van der Waals surface area contributed by atoms with Crippen molar-refractivity contribution >= 4 is 17.9 Å². The number of ether oxygens (including phenoxy) is 1. The summed E-state index contributed by atoms with van der Waals surface area (Å²) in [7, 11) is 0. The Balaban J connectivity index is 2.11. The van der Waals surface area contributed by atoms with Crippen molar-refractivity contribution in [3.8, 4) is 0 Å². The lowest BCUT2D eigenvalue weighted by Crippen LogP contribution is -2.51. The number of hydrogen-bond donors (Lipinski definition) is 3. The molecule has 0 aromatic heterocycles. The zero-order valence-electron chi connectivity index (χ0n) is 9.72. The Kier molecular flexibility index (Phi) is 3.22. The lowest BCUT2D eigenvalue weighted by molar-refractivity contribution is -0.140. The Morgan fingerprint density at radius 2 is 2.11 bits per heavy atom. The zero-order chi connectivity index (χ0) is 13.3. The highest BCUT2D eigenvalue weighted by molar-refractivity contribution is 6.07. The van der Waals surface area contributed by atoms with E-state index >= 15 is 0 Å². The maximum atomic E-state index is 12.2. The number of carbonyl (C=O) groups is 3. The van der Waals surface area contributed by atoms with Crippen molar-refractivity contribution in [3.05, 3.63) is 0 Å². The summed E-state index contributed by atoms with van der Waals surface area (Å²) in [6, 6.07) is -1.85. The molecule has 2 rings (SSSR count). The molecule has 0 saturated carbocycles. The van der Waals surface area contributed by atoms with Crippen molar-refractivity contribution in [2.45, 2.75) is 24.4 Å². The van der Waals surface area contributed by atoms with Crippen LogP contribution in [0.3, 0.4) is 0 Å². The highest BCUT2D eigenvalue weighted by Crippen LogP contribution is 2.28. The van der Waals surface area contributed by atoms with Crippen molar-refractivity contribution < 1.29 is 24.2 Å². The highest BCUT2D eigenvalue weighted by Gasteiger charge is 2.52. The van der Waals surface area contributed by atoms with Crippen molar-refractivity contribution in [1.82, 2.24) is 10.2 Å². The molecule has 0 aromatic carbocycles. The molecular weight excluding hydrogens is 242 g/mol. The minimum Gasteiger partial charge on any atom is -0.480 e. The molecule has 1 spiro atoms. The zero-order valence-corrected chi connectivity index (χ0v) is 9.72. The maximum absolute atomic E-state index is 12.2. The van der Waals surface area contributed by atoms with Gasteiger partial charge in [-0.25, -0.2) is 4.79 Å². The molecule has 0 bridgehead atoms. The number of urea groups is 1. The summed E-state index contributed by atoms with van der Waals surface area (Å²) in [5.74, 6) is -1.66. The van der Waals surface area contributed by atoms with Gasteiger partial charge in [-0.2, -0.15) is 0 Å². The average Bonchev–Trinajstić information content (AvgIpc) is 2.55. The maximum Gasteiger partial charge on any atom is 0.325 e. The number of carbonyl (C=O) groups excluding carboxylic acids is 2. The molecule has 18 heavy (non-hydrogen) atoms. The van der Waals surface area contributed by atoms with E-state index < -0.39 is 29.5 Å². The Hall–Kier alpha value is -1.67. The van der Waals surface area contributed by atoms with Gasteiger partial charge in [0, 0.05) is 26.1 Å². The Morgan fingerprint density at radius 3 is 2.67 bits per heavy atom. The number of amides is 3. The minimum absolute atomic E-state index is 0.317. The number of hydrogen-bond acceptors (Lipinski definition) is 5. The summed E-state index contributed by atoms with van der Waals surface area (Å²) >= 11 is 0. The lowest BCUT2D eigenvalue weighted by Gasteiger charge is -2.30. The van der Waals surface area contributed by atoms with Gasteiger partial charge < -0.3 is 20.9 Å². The van der Waals surface area contributed by atoms with E-state index in [0.29, 0.717) is 26.1 Å². The van der Waals surface area contributed by atoms with Crippen molar-refractivity contribution in [2.24, 2.45) is 5.73 Å². The van der Waals surface area contributed by atoms with Crippen LogP contribution in [0.25, 0.3) is 0 Å². The van der Waals surface area contributed by atoms with Crippen molar-refractivity contribution in [3.63, 3.8) is 0 Å². The van der Waals surface area contributed by atoms with Crippen LogP contribution < -0.4 is 11.1 Å². The summed E-state index contributed by atoms with van der Waals surface area (Å²) in [6.45, 7) is 0.471. The fourth-order valence-electron chi connectivity index (χ4n) is 2.18. The summed E-state index contributed by atoms with van der Waals surface area (Å²) < 4.78 is 5.15. The topological polar surface area (TPSA) is 122 Å². The molecule has 1 unspecified atom stereocenters. The number of rotatable bonds is 3. The number of carboxylic acid groups (broad SMARTS) is 1. The lowest BCUT2D eigenvalue weighted by atomic mass is 9.90. The van der Waals surface area contributed by atoms with E-state index in [-0.39, 0.29) is 6.54 Å². The number of nitrogens with zero attached hydrogens (tertiary/aromatic N) is 1. The van der Waals surface area contributed by atoms with Crippen molar-refractivity contribution in [1.29, 1.82) is 0 Å². The van der Waals surface area contributed by atoms with E-state index in [2.05, 4.69) is 5.32 Å². The standard InChI is InChI=1S/C10H15N3O5/c11-6(7(14)15)5-13-8(16)10(12-9(13)17)1-3-18-4-2-10/h6H,1-5,11H2,(H,12,17)(H,14,15). The van der Waals surface area contributed by atoms with Crippen LogP contribution in [0.15, 0.2) is 0 Å². The van der Waals surface area contributed by atoms with E-state index in [0.717, 1.165) is 4.90 Å². The Bertz CT molecular complexity index is 391. The third kappa shape index (κ3) is 2.04. The normalized spacial score (nSPS) is 24.2. The van der Waals surface area contributed by atoms with Crippen molar-refractivity contribution in [2.75, 3.05) is 19.8 Å². The van der Waals surface area contributed by atoms with Gasteiger partial charge in [-0.15, -0.1) is 0 Å². The van der Waals surface area contributed by atoms with E-state index in [9.17, 15) is 14.4 Å². The van der Waals surface area contributed by atoms with Gasteiger partial charge in [0.15, 0.2) is 0 Å². The molecule has 0 aliphatic carbocycles. The van der Waals surface area contributed by atoms with Gasteiger partial charge in [0.25, 0.3) is 5.91 Å². The van der Waals surface area contributed by atoms with Crippen LogP contribution in [0.1, 0.15) is 12.8 Å². The molecule has 2 aliphatic heterocycles. The van der Waals surface area contributed by atoms with Gasteiger partial charge in [0.05, 0.1) is 6.54 Å². The fraction of sp³-hybridized carbons (Fsp3) is 0.700. The summed E-state index contributed by atoms with van der Waals surface area (Å²) in [5, 5.41) is 11.3. The molecule has 2 heterocycles. The van der Waals surface area contributed by atoms with E-state index in [1.54, 1.807) is 0 Å². The van der Waals surface area contributed by atoms with Gasteiger partial charge in [0.1, 0.15) is 11.6 Å². The number of nitrogens with two attached hydrogens (primary N) is 1. The van der Waals surface area contributed by atoms with Gasteiger partial charge in [0.2, 0.25) is 0 Å². The number of aliphatic carboxylic acids is 1. The predicted molar refractivity (Wildman–Crippen MR) is 58.6 cm³/mol. The molecule has 4 N–H and O–H groups in total. The average molecular weight is 257 g/mol. The van der Waals surface area contributed by atoms with Gasteiger partial charge in [-0.3, -0.25) is 14.5 Å². The molecule has 0 aromatic rings. The Labute approximate surface area is 103 Å². The monoisotopic (exact) mass is 257 g/mol. The first-order chi connectivity index (χ1) is 8.46. The first kappa shape index (κ1) is 12.8. The van der Waals surface area contributed by atoms with Gasteiger partial charge in [-0.05, 0) is 0 Å². The minimum atomic E-state index is -1.27. The molecule has 2 fully saturated rings. The van der Waals surface area contributed by atoms with E-state index in [4.69, 9.17) is 15.6 Å². The molecule has 8 nitrogen and oxygen atoms in total. The summed E-state index contributed by atoms with van der Waals surface area (Å²) in [5.41, 5.74) is 4.40. The van der Waals surface area contributed by atoms with Crippen LogP contribution in [-0.2, 0) is 14.3 Å². The third-order valence-corrected chi connectivity index (χ3v) is 3.29. The largest absolute Gasteiger partial charge is 0.480 e. The highest BCUT2D eigenvalue weighted by atomic mass is 16.5. The van der Waals surface area contributed by atoms with Crippen LogP contribution in [0.4, 0.5) is 4.79 Å². The summed E-state index contributed by atoms with van der Waals surface area (Å²) in [6.07, 6.45) is 0.798. The SMILES string of the molecule is NC(CN1C(=O)NC2(CCOCC2)C1=O)C(=O)O. The number of nitrogens with one attached hydrogen (secondary N) is 1. The molecular formula is C10H15N3O5. The molecule has 3 amide bonds. The first-order valence-electron chi connectivity index (χ1n) is 5.66. The molecule has 1 atom stereocenters. The second-order valence-corrected chi connectivity index (χ2v) is 4.49. The smallest absolute Gasteiger partial charge is 0.325 e. The quantitative estimate of drug-likeness (QED) is 0.529. The number of carboxylic acids is 1. The van der Waals surface area contributed by atoms with Crippen LogP contribution in [0, 0.1) is 0 Å². The molecule has 2 aliphatic rings. The second-order valence-electron chi connectivity index (χ2n) is 4.49. The van der Waals surface area contributed by atoms with Crippen LogP contribution in [-0.4, -0.2) is 59.3 Å². The number of imide groups is 1. The van der Waals surface area contributed by atoms with Gasteiger partial charge in [-0.1, -0.05) is 0 Å². The predicted octanol–water partition coefficient (Wildman–Crippen LogP) is -1.50. The first-order valence-corrected chi connectivity index (χ1v) is 5.66. The third-order valence-electron chi connectivity index (χ3n) is 3.29. The van der Waals surface area contributed by atoms with Crippen LogP contribution in [0.5, 0.6) is 0 Å². The van der Waals surface area contributed by atoms with Crippen LogP contribution in [0.2, 0.25) is 0 Å². The molecule has 100 valence electrons. The van der Waals surface area contributed by atoms with E-state index in [1.807, 2.05) is 0 Å². The van der Waals surface area contributed by atoms with Crippen LogP contribution >= 0.6 is 0 Å². The van der Waals surface area contributed by atoms with Gasteiger partial charge >= 0.3 is 12.0 Å². The Morgan fingerprint density at radius 1 is 1.50 bits per heavy atom. The summed E-state index contributed by atoms with van der Waals surface area (Å²) in [4.78, 5) is 35.4. The fourth-order valence-corrected chi connectivity index (χ4v) is 2.18.